The number of rotatable bonds is 2. The van der Waals surface area contributed by atoms with Gasteiger partial charge in [0.05, 0.1) is 12.6 Å². The molecule has 0 saturated heterocycles. The van der Waals surface area contributed by atoms with E-state index in [4.69, 9.17) is 11.6 Å². The molecule has 90 valence electrons. The summed E-state index contributed by atoms with van der Waals surface area (Å²) < 4.78 is 30.3. The molecule has 0 saturated carbocycles. The van der Waals surface area contributed by atoms with E-state index >= 15 is 0 Å². The van der Waals surface area contributed by atoms with Crippen LogP contribution in [0.25, 0.3) is 10.9 Å². The quantitative estimate of drug-likeness (QED) is 0.780. The number of carbonyl (C=O) groups is 1. The molecule has 0 amide bonds. The second-order valence-corrected chi connectivity index (χ2v) is 3.66. The molecule has 17 heavy (non-hydrogen) atoms. The van der Waals surface area contributed by atoms with Crippen molar-refractivity contribution in [3.8, 4) is 0 Å². The van der Waals surface area contributed by atoms with E-state index in [1.807, 2.05) is 0 Å². The number of benzene rings is 1. The standard InChI is InChI=1S/C10H7ClF2N2O2/c1-17-9(16)8-6-3-2-5(11)4-7(6)15(14-8)10(12)13/h2-4,10H,1H3. The Kier molecular flexibility index (Phi) is 2.97. The number of halogens is 3. The first-order valence-corrected chi connectivity index (χ1v) is 4.96. The predicted molar refractivity (Wildman–Crippen MR) is 57.3 cm³/mol. The molecular weight excluding hydrogens is 254 g/mol. The fourth-order valence-electron chi connectivity index (χ4n) is 1.51. The van der Waals surface area contributed by atoms with Crippen LogP contribution in [0.15, 0.2) is 18.2 Å². The number of esters is 1. The van der Waals surface area contributed by atoms with Crippen LogP contribution in [-0.4, -0.2) is 22.9 Å². The molecular formula is C10H7ClF2N2O2. The maximum absolute atomic E-state index is 12.7. The Balaban J connectivity index is 2.75. The number of hydrogen-bond donors (Lipinski definition) is 0. The largest absolute Gasteiger partial charge is 0.464 e. The van der Waals surface area contributed by atoms with Crippen LogP contribution in [0.3, 0.4) is 0 Å². The van der Waals surface area contributed by atoms with Crippen LogP contribution in [0, 0.1) is 0 Å². The van der Waals surface area contributed by atoms with Gasteiger partial charge in [-0.25, -0.2) is 9.48 Å². The van der Waals surface area contributed by atoms with Gasteiger partial charge in [-0.05, 0) is 18.2 Å². The number of carbonyl (C=O) groups excluding carboxylic acids is 1. The lowest BCUT2D eigenvalue weighted by Gasteiger charge is -2.00. The van der Waals surface area contributed by atoms with Gasteiger partial charge in [-0.1, -0.05) is 11.6 Å². The second-order valence-electron chi connectivity index (χ2n) is 3.22. The highest BCUT2D eigenvalue weighted by molar-refractivity contribution is 6.31. The molecule has 0 atom stereocenters. The van der Waals surface area contributed by atoms with Crippen molar-refractivity contribution >= 4 is 28.5 Å². The third kappa shape index (κ3) is 1.95. The molecule has 1 aromatic heterocycles. The van der Waals surface area contributed by atoms with Gasteiger partial charge in [0.25, 0.3) is 0 Å². The molecule has 0 aliphatic rings. The Morgan fingerprint density at radius 3 is 2.82 bits per heavy atom. The third-order valence-electron chi connectivity index (χ3n) is 2.23. The molecule has 1 aromatic carbocycles. The Bertz CT molecular complexity index is 583. The summed E-state index contributed by atoms with van der Waals surface area (Å²) in [4.78, 5) is 11.4. The lowest BCUT2D eigenvalue weighted by molar-refractivity contribution is 0.0545. The first kappa shape index (κ1) is 11.8. The van der Waals surface area contributed by atoms with E-state index in [1.54, 1.807) is 0 Å². The van der Waals surface area contributed by atoms with Crippen LogP contribution in [0.5, 0.6) is 0 Å². The molecule has 0 unspecified atom stereocenters. The van der Waals surface area contributed by atoms with Crippen molar-refractivity contribution in [2.24, 2.45) is 0 Å². The number of fused-ring (bicyclic) bond motifs is 1. The van der Waals surface area contributed by atoms with E-state index in [0.717, 1.165) is 7.11 Å². The average Bonchev–Trinajstić information content (AvgIpc) is 2.66. The minimum absolute atomic E-state index is 0.0906. The van der Waals surface area contributed by atoms with Gasteiger partial charge in [0.2, 0.25) is 0 Å². The van der Waals surface area contributed by atoms with Gasteiger partial charge >= 0.3 is 12.5 Å². The number of alkyl halides is 2. The van der Waals surface area contributed by atoms with Gasteiger partial charge in [0.1, 0.15) is 0 Å². The minimum atomic E-state index is -2.85. The summed E-state index contributed by atoms with van der Waals surface area (Å²) in [6.45, 7) is -2.85. The fourth-order valence-corrected chi connectivity index (χ4v) is 1.67. The van der Waals surface area contributed by atoms with Crippen molar-refractivity contribution in [2.75, 3.05) is 7.11 Å². The van der Waals surface area contributed by atoms with Gasteiger partial charge < -0.3 is 4.74 Å². The van der Waals surface area contributed by atoms with Gasteiger partial charge in [-0.3, -0.25) is 0 Å². The fraction of sp³-hybridized carbons (Fsp3) is 0.200. The first-order chi connectivity index (χ1) is 8.04. The van der Waals surface area contributed by atoms with Crippen LogP contribution in [0.4, 0.5) is 8.78 Å². The van der Waals surface area contributed by atoms with E-state index in [1.165, 1.54) is 18.2 Å². The zero-order valence-corrected chi connectivity index (χ0v) is 9.41. The SMILES string of the molecule is COC(=O)c1nn(C(F)F)c2cc(Cl)ccc12. The number of aromatic nitrogens is 2. The molecule has 2 aromatic rings. The van der Waals surface area contributed by atoms with Crippen LogP contribution >= 0.6 is 11.6 Å². The number of hydrogen-bond acceptors (Lipinski definition) is 3. The smallest absolute Gasteiger partial charge is 0.359 e. The second kappa shape index (κ2) is 4.29. The van der Waals surface area contributed by atoms with Crippen molar-refractivity contribution in [2.45, 2.75) is 6.55 Å². The van der Waals surface area contributed by atoms with Gasteiger partial charge in [0.15, 0.2) is 5.69 Å². The van der Waals surface area contributed by atoms with Crippen molar-refractivity contribution in [1.82, 2.24) is 9.78 Å². The molecule has 0 radical (unpaired) electrons. The average molecular weight is 261 g/mol. The molecule has 1 heterocycles. The number of methoxy groups -OCH3 is 1. The number of nitrogens with zero attached hydrogens (tertiary/aromatic N) is 2. The summed E-state index contributed by atoms with van der Waals surface area (Å²) in [7, 11) is 1.16. The molecule has 0 spiro atoms. The molecule has 0 fully saturated rings. The highest BCUT2D eigenvalue weighted by Gasteiger charge is 2.21. The molecule has 0 N–H and O–H groups in total. The van der Waals surface area contributed by atoms with E-state index in [2.05, 4.69) is 9.84 Å². The van der Waals surface area contributed by atoms with E-state index in [-0.39, 0.29) is 21.6 Å². The summed E-state index contributed by atoms with van der Waals surface area (Å²) in [5, 5.41) is 4.10. The number of ether oxygens (including phenoxy) is 1. The van der Waals surface area contributed by atoms with Crippen molar-refractivity contribution < 1.29 is 18.3 Å². The highest BCUT2D eigenvalue weighted by atomic mass is 35.5. The van der Waals surface area contributed by atoms with E-state index in [9.17, 15) is 13.6 Å². The maximum Gasteiger partial charge on any atom is 0.359 e. The molecule has 0 aliphatic carbocycles. The summed E-state index contributed by atoms with van der Waals surface area (Å²) in [5.41, 5.74) is -0.0626. The third-order valence-corrected chi connectivity index (χ3v) is 2.47. The molecule has 0 bridgehead atoms. The van der Waals surface area contributed by atoms with Crippen LogP contribution in [0.1, 0.15) is 17.0 Å². The highest BCUT2D eigenvalue weighted by Crippen LogP contribution is 2.26. The van der Waals surface area contributed by atoms with E-state index in [0.29, 0.717) is 4.68 Å². The lowest BCUT2D eigenvalue weighted by Crippen LogP contribution is -2.05. The Labute approximate surface area is 99.7 Å². The van der Waals surface area contributed by atoms with Gasteiger partial charge in [-0.2, -0.15) is 13.9 Å². The first-order valence-electron chi connectivity index (χ1n) is 4.59. The summed E-state index contributed by atoms with van der Waals surface area (Å²) in [5.74, 6) is -0.767. The van der Waals surface area contributed by atoms with Crippen molar-refractivity contribution in [3.63, 3.8) is 0 Å². The predicted octanol–water partition coefficient (Wildman–Crippen LogP) is 2.87. The zero-order valence-electron chi connectivity index (χ0n) is 8.65. The Morgan fingerprint density at radius 1 is 1.53 bits per heavy atom. The minimum Gasteiger partial charge on any atom is -0.464 e. The summed E-state index contributed by atoms with van der Waals surface area (Å²) in [6, 6.07) is 4.27. The van der Waals surface area contributed by atoms with Gasteiger partial charge in [0, 0.05) is 10.4 Å². The van der Waals surface area contributed by atoms with Crippen LogP contribution in [0.2, 0.25) is 5.02 Å². The van der Waals surface area contributed by atoms with Crippen molar-refractivity contribution in [3.05, 3.63) is 28.9 Å². The molecule has 7 heteroatoms. The summed E-state index contributed by atoms with van der Waals surface area (Å²) in [6.07, 6.45) is 0. The Morgan fingerprint density at radius 2 is 2.24 bits per heavy atom. The van der Waals surface area contributed by atoms with Crippen molar-refractivity contribution in [1.29, 1.82) is 0 Å². The maximum atomic E-state index is 12.7. The summed E-state index contributed by atoms with van der Waals surface area (Å²) >= 11 is 5.72. The van der Waals surface area contributed by atoms with Crippen LogP contribution in [-0.2, 0) is 4.74 Å². The Hall–Kier alpha value is -1.69. The lowest BCUT2D eigenvalue weighted by atomic mass is 10.2. The van der Waals surface area contributed by atoms with Gasteiger partial charge in [-0.15, -0.1) is 0 Å². The molecule has 4 nitrogen and oxygen atoms in total. The van der Waals surface area contributed by atoms with E-state index < -0.39 is 12.5 Å². The normalized spacial score (nSPS) is 11.1. The van der Waals surface area contributed by atoms with Crippen LogP contribution < -0.4 is 0 Å². The molecule has 2 rings (SSSR count). The topological polar surface area (TPSA) is 44.1 Å². The zero-order chi connectivity index (χ0) is 12.6. The monoisotopic (exact) mass is 260 g/mol. The molecule has 0 aliphatic heterocycles.